The van der Waals surface area contributed by atoms with Crippen molar-refractivity contribution in [3.8, 4) is 5.75 Å². The van der Waals surface area contributed by atoms with Crippen LogP contribution >= 0.6 is 0 Å². The average Bonchev–Trinajstić information content (AvgIpc) is 3.38. The van der Waals surface area contributed by atoms with E-state index in [-0.39, 0.29) is 23.7 Å². The summed E-state index contributed by atoms with van der Waals surface area (Å²) < 4.78 is 1.81. The SMILES string of the molecule is Cc1ccc(C(=O)N2CCCC[C@H]2c2cc3nc(N4CC[C@H](N)C4)c(C)cn3n2)c(O)c1. The molecule has 4 heterocycles. The highest BCUT2D eigenvalue weighted by molar-refractivity contribution is 5.97. The van der Waals surface area contributed by atoms with Gasteiger partial charge in [0.1, 0.15) is 11.6 Å². The van der Waals surface area contributed by atoms with Crippen molar-refractivity contribution in [2.24, 2.45) is 5.73 Å². The van der Waals surface area contributed by atoms with Gasteiger partial charge in [0.15, 0.2) is 5.65 Å². The summed E-state index contributed by atoms with van der Waals surface area (Å²) in [5.74, 6) is 0.832. The third kappa shape index (κ3) is 3.68. The molecule has 1 amide bonds. The van der Waals surface area contributed by atoms with Crippen molar-refractivity contribution in [1.82, 2.24) is 19.5 Å². The number of aromatic nitrogens is 3. The Bertz CT molecular complexity index is 1170. The Hall–Kier alpha value is -3.13. The smallest absolute Gasteiger partial charge is 0.258 e. The van der Waals surface area contributed by atoms with Crippen molar-refractivity contribution >= 4 is 17.4 Å². The monoisotopic (exact) mass is 434 g/mol. The molecule has 2 saturated heterocycles. The fraction of sp³-hybridized carbons (Fsp3) is 0.458. The highest BCUT2D eigenvalue weighted by atomic mass is 16.3. The molecule has 2 atom stereocenters. The normalized spacial score (nSPS) is 21.5. The number of nitrogens with zero attached hydrogens (tertiary/aromatic N) is 5. The lowest BCUT2D eigenvalue weighted by molar-refractivity contribution is 0.0602. The van der Waals surface area contributed by atoms with Crippen molar-refractivity contribution in [1.29, 1.82) is 0 Å². The Morgan fingerprint density at radius 1 is 1.16 bits per heavy atom. The number of phenolic OH excluding ortho intramolecular Hbond substituents is 1. The maximum atomic E-state index is 13.3. The Morgan fingerprint density at radius 3 is 2.75 bits per heavy atom. The van der Waals surface area contributed by atoms with E-state index in [1.165, 1.54) is 0 Å². The van der Waals surface area contributed by atoms with Crippen LogP contribution in [0.5, 0.6) is 5.75 Å². The lowest BCUT2D eigenvalue weighted by atomic mass is 9.98. The van der Waals surface area contributed by atoms with E-state index < -0.39 is 0 Å². The van der Waals surface area contributed by atoms with Crippen LogP contribution in [0.3, 0.4) is 0 Å². The number of carbonyl (C=O) groups excluding carboxylic acids is 1. The molecule has 0 saturated carbocycles. The number of anilines is 1. The Labute approximate surface area is 187 Å². The van der Waals surface area contributed by atoms with Crippen LogP contribution < -0.4 is 10.6 Å². The molecule has 5 rings (SSSR count). The number of aromatic hydroxyl groups is 1. The maximum absolute atomic E-state index is 13.3. The first-order chi connectivity index (χ1) is 15.4. The number of likely N-dealkylation sites (tertiary alicyclic amines) is 1. The lowest BCUT2D eigenvalue weighted by Crippen LogP contribution is -2.38. The average molecular weight is 435 g/mol. The Morgan fingerprint density at radius 2 is 2.00 bits per heavy atom. The second-order valence-electron chi connectivity index (χ2n) is 9.14. The standard InChI is InChI=1S/C24H30N6O2/c1-15-6-7-18(21(31)11-15)24(32)29-9-4-3-5-20(29)19-12-22-26-23(16(2)13-30(22)27-19)28-10-8-17(25)14-28/h6-7,11-13,17,20,31H,3-5,8-10,14,25H2,1-2H3/t17-,20-/m0/s1. The number of piperidine rings is 1. The molecule has 3 aromatic rings. The summed E-state index contributed by atoms with van der Waals surface area (Å²) in [6, 6.07) is 7.24. The van der Waals surface area contributed by atoms with Gasteiger partial charge in [-0.25, -0.2) is 9.50 Å². The zero-order chi connectivity index (χ0) is 22.4. The van der Waals surface area contributed by atoms with Gasteiger partial charge in [-0.2, -0.15) is 5.10 Å². The molecule has 8 heteroatoms. The van der Waals surface area contributed by atoms with Crippen LogP contribution in [0.2, 0.25) is 0 Å². The molecular formula is C24H30N6O2. The fourth-order valence-corrected chi connectivity index (χ4v) is 4.94. The molecule has 0 radical (unpaired) electrons. The summed E-state index contributed by atoms with van der Waals surface area (Å²) >= 11 is 0. The summed E-state index contributed by atoms with van der Waals surface area (Å²) in [6.07, 6.45) is 5.80. The van der Waals surface area contributed by atoms with Gasteiger partial charge in [-0.1, -0.05) is 6.07 Å². The van der Waals surface area contributed by atoms with Crippen molar-refractivity contribution in [3.63, 3.8) is 0 Å². The van der Waals surface area contributed by atoms with Gasteiger partial charge >= 0.3 is 0 Å². The molecule has 0 spiro atoms. The van der Waals surface area contributed by atoms with Gasteiger partial charge in [-0.15, -0.1) is 0 Å². The van der Waals surface area contributed by atoms with E-state index in [9.17, 15) is 9.90 Å². The van der Waals surface area contributed by atoms with Gasteiger partial charge in [-0.3, -0.25) is 4.79 Å². The minimum atomic E-state index is -0.153. The van der Waals surface area contributed by atoms with Crippen molar-refractivity contribution in [3.05, 3.63) is 52.8 Å². The highest BCUT2D eigenvalue weighted by Crippen LogP contribution is 2.34. The van der Waals surface area contributed by atoms with E-state index in [0.29, 0.717) is 12.1 Å². The predicted octanol–water partition coefficient (Wildman–Crippen LogP) is 2.96. The quantitative estimate of drug-likeness (QED) is 0.657. The number of benzene rings is 1. The number of hydrogen-bond donors (Lipinski definition) is 2. The first-order valence-corrected chi connectivity index (χ1v) is 11.4. The molecule has 0 bridgehead atoms. The number of carbonyl (C=O) groups is 1. The summed E-state index contributed by atoms with van der Waals surface area (Å²) in [7, 11) is 0. The highest BCUT2D eigenvalue weighted by Gasteiger charge is 2.32. The predicted molar refractivity (Wildman–Crippen MR) is 123 cm³/mol. The minimum absolute atomic E-state index is 0.0279. The van der Waals surface area contributed by atoms with Gasteiger partial charge < -0.3 is 20.6 Å². The largest absolute Gasteiger partial charge is 0.507 e. The van der Waals surface area contributed by atoms with E-state index in [4.69, 9.17) is 15.8 Å². The number of nitrogens with two attached hydrogens (primary N) is 1. The van der Waals surface area contributed by atoms with Crippen LogP contribution in [0.1, 0.15) is 58.9 Å². The number of hydrogen-bond acceptors (Lipinski definition) is 6. The zero-order valence-electron chi connectivity index (χ0n) is 18.7. The van der Waals surface area contributed by atoms with Crippen LogP contribution in [0.4, 0.5) is 5.82 Å². The van der Waals surface area contributed by atoms with Gasteiger partial charge in [-0.05, 0) is 57.2 Å². The number of aryl methyl sites for hydroxylation is 2. The molecule has 168 valence electrons. The van der Waals surface area contributed by atoms with Crippen LogP contribution in [-0.2, 0) is 0 Å². The fourth-order valence-electron chi connectivity index (χ4n) is 4.94. The first kappa shape index (κ1) is 20.8. The first-order valence-electron chi connectivity index (χ1n) is 11.4. The van der Waals surface area contributed by atoms with Gasteiger partial charge in [0.25, 0.3) is 5.91 Å². The van der Waals surface area contributed by atoms with E-state index in [1.807, 2.05) is 41.6 Å². The Kier molecular flexibility index (Phi) is 5.25. The van der Waals surface area contributed by atoms with Gasteiger partial charge in [0.05, 0.1) is 17.3 Å². The van der Waals surface area contributed by atoms with Crippen LogP contribution in [0.25, 0.3) is 5.65 Å². The van der Waals surface area contributed by atoms with Crippen LogP contribution in [-0.4, -0.2) is 56.2 Å². The molecule has 0 aliphatic carbocycles. The molecule has 0 unspecified atom stereocenters. The van der Waals surface area contributed by atoms with E-state index >= 15 is 0 Å². The van der Waals surface area contributed by atoms with Crippen molar-refractivity contribution in [2.75, 3.05) is 24.5 Å². The topological polar surface area (TPSA) is 100.0 Å². The van der Waals surface area contributed by atoms with Gasteiger partial charge in [0.2, 0.25) is 0 Å². The maximum Gasteiger partial charge on any atom is 0.258 e. The number of amides is 1. The number of phenols is 1. The summed E-state index contributed by atoms with van der Waals surface area (Å²) in [5, 5.41) is 15.2. The van der Waals surface area contributed by atoms with Crippen molar-refractivity contribution in [2.45, 2.75) is 51.6 Å². The molecule has 2 aromatic heterocycles. The molecule has 1 aromatic carbocycles. The summed E-state index contributed by atoms with van der Waals surface area (Å²) in [6.45, 7) is 6.32. The van der Waals surface area contributed by atoms with Gasteiger partial charge in [0, 0.05) is 43.5 Å². The molecule has 8 nitrogen and oxygen atoms in total. The van der Waals surface area contributed by atoms with Crippen LogP contribution in [0, 0.1) is 13.8 Å². The Balaban J connectivity index is 1.47. The molecule has 2 fully saturated rings. The molecule has 2 aliphatic heterocycles. The number of rotatable bonds is 3. The molecular weight excluding hydrogens is 404 g/mol. The minimum Gasteiger partial charge on any atom is -0.507 e. The third-order valence-electron chi connectivity index (χ3n) is 6.64. The summed E-state index contributed by atoms with van der Waals surface area (Å²) in [5.41, 5.74) is 10.0. The van der Waals surface area contributed by atoms with E-state index in [2.05, 4.69) is 4.90 Å². The lowest BCUT2D eigenvalue weighted by Gasteiger charge is -2.35. The molecule has 3 N–H and O–H groups in total. The number of fused-ring (bicyclic) bond motifs is 1. The van der Waals surface area contributed by atoms with E-state index in [0.717, 1.165) is 67.1 Å². The molecule has 32 heavy (non-hydrogen) atoms. The second-order valence-corrected chi connectivity index (χ2v) is 9.14. The second kappa shape index (κ2) is 8.09. The van der Waals surface area contributed by atoms with Crippen molar-refractivity contribution < 1.29 is 9.90 Å². The molecule has 2 aliphatic rings. The third-order valence-corrected chi connectivity index (χ3v) is 6.64. The summed E-state index contributed by atoms with van der Waals surface area (Å²) in [4.78, 5) is 22.3. The van der Waals surface area contributed by atoms with E-state index in [1.54, 1.807) is 12.1 Å². The zero-order valence-corrected chi connectivity index (χ0v) is 18.7. The van der Waals surface area contributed by atoms with Crippen LogP contribution in [0.15, 0.2) is 30.5 Å².